The number of carbonyl (C=O) groups is 2. The van der Waals surface area contributed by atoms with Gasteiger partial charge in [-0.3, -0.25) is 0 Å². The molecule has 0 radical (unpaired) electrons. The molecule has 10 N–H and O–H groups in total. The van der Waals surface area contributed by atoms with Gasteiger partial charge in [0.2, 0.25) is 0 Å². The topological polar surface area (TPSA) is 271 Å². The van der Waals surface area contributed by atoms with E-state index in [9.17, 15) is 9.59 Å². The molecule has 0 spiro atoms. The number of hydrogen-bond donors (Lipinski definition) is 10. The van der Waals surface area contributed by atoms with Crippen LogP contribution < -0.4 is 0 Å². The fraction of sp³-hybridized carbons (Fsp3) is 0.750. The number of carboxylic acid groups (broad SMARTS) is 2. The zero-order valence-electron chi connectivity index (χ0n) is 11.2. The van der Waals surface area contributed by atoms with Crippen LogP contribution in [0, 0.1) is 0 Å². The molecule has 0 aromatic carbocycles. The number of aliphatic carboxylic acids is 2. The summed E-state index contributed by atoms with van der Waals surface area (Å²) in [5, 5.41) is 65.7. The maximum absolute atomic E-state index is 9.78. The number of aliphatic hydroxyl groups is 6. The summed E-state index contributed by atoms with van der Waals surface area (Å²) in [4.78, 5) is 19.6. The third kappa shape index (κ3) is 20.8. The van der Waals surface area contributed by atoms with E-state index < -0.39 is 63.2 Å². The zero-order chi connectivity index (χ0) is 19.4. The van der Waals surface area contributed by atoms with E-state index in [1.54, 1.807) is 0 Å². The summed E-state index contributed by atoms with van der Waals surface area (Å²) < 4.78 is 31.9. The van der Waals surface area contributed by atoms with Crippen LogP contribution in [0.1, 0.15) is 0 Å². The molecule has 140 valence electrons. The van der Waals surface area contributed by atoms with Crippen molar-refractivity contribution in [2.75, 3.05) is 13.2 Å². The van der Waals surface area contributed by atoms with E-state index in [1.165, 1.54) is 0 Å². The molecule has 0 saturated carbocycles. The first-order valence-corrected chi connectivity index (χ1v) is 7.46. The summed E-state index contributed by atoms with van der Waals surface area (Å²) >= 11 is -5.25. The van der Waals surface area contributed by atoms with Gasteiger partial charge >= 0.3 is 41.5 Å². The average Bonchev–Trinajstić information content (AvgIpc) is 2.42. The van der Waals surface area contributed by atoms with Crippen molar-refractivity contribution in [2.24, 2.45) is 0 Å². The van der Waals surface area contributed by atoms with E-state index in [4.69, 9.17) is 56.8 Å². The molecule has 4 atom stereocenters. The summed E-state index contributed by atoms with van der Waals surface area (Å²) in [6.45, 7) is -1.51. The van der Waals surface area contributed by atoms with Crippen LogP contribution in [0.5, 0.6) is 0 Å². The Balaban J connectivity index is -0.000000273. The summed E-state index contributed by atoms with van der Waals surface area (Å²) in [6, 6.07) is 0. The normalized spacial score (nSPS) is 15.7. The molecular weight excluding hydrogens is 372 g/mol. The first-order valence-electron chi connectivity index (χ1n) is 5.28. The second kappa shape index (κ2) is 13.2. The second-order valence-corrected chi connectivity index (χ2v) is 4.91. The Bertz CT molecular complexity index is 398. The third-order valence-corrected chi connectivity index (χ3v) is 1.61. The molecule has 0 heterocycles. The van der Waals surface area contributed by atoms with Crippen LogP contribution in [-0.4, -0.2) is 98.7 Å². The monoisotopic (exact) mass is 390 g/mol. The van der Waals surface area contributed by atoms with Crippen molar-refractivity contribution in [3.63, 3.8) is 0 Å². The van der Waals surface area contributed by atoms with Crippen molar-refractivity contribution in [1.29, 1.82) is 0 Å². The molecule has 0 aliphatic carbocycles. The van der Waals surface area contributed by atoms with Gasteiger partial charge in [0.15, 0.2) is 12.2 Å². The van der Waals surface area contributed by atoms with E-state index in [0.717, 1.165) is 0 Å². The number of carboxylic acids is 2. The first kappa shape index (κ1) is 26.6. The summed E-state index contributed by atoms with van der Waals surface area (Å²) in [7, 11) is 0. The standard InChI is InChI=1S/2C4H8O5.Cr.2H2O.2O/c2*5-1-2(6)3(7)4(8)9;;;;;/h2*2-3,5-7H,1H2,(H,8,9);;2*1H2;;/q;;+2;;;;/p-2/t2*2-,3+;;;;;/m00...../s1. The van der Waals surface area contributed by atoms with Crippen LogP contribution >= 0.6 is 0 Å². The van der Waals surface area contributed by atoms with Crippen molar-refractivity contribution in [2.45, 2.75) is 24.4 Å². The molecule has 0 aliphatic heterocycles. The molecule has 0 bridgehead atoms. The number of aliphatic hydroxyl groups excluding tert-OH is 6. The maximum atomic E-state index is 9.78. The molecule has 0 fully saturated rings. The molecule has 15 heteroatoms. The fourth-order valence-electron chi connectivity index (χ4n) is 0.529. The van der Waals surface area contributed by atoms with Gasteiger partial charge in [0.25, 0.3) is 0 Å². The number of rotatable bonds is 6. The minimum absolute atomic E-state index is 0.756. The summed E-state index contributed by atoms with van der Waals surface area (Å²) in [5.41, 5.74) is 0. The average molecular weight is 390 g/mol. The Kier molecular flexibility index (Phi) is 15.3. The molecule has 23 heavy (non-hydrogen) atoms. The zero-order valence-corrected chi connectivity index (χ0v) is 12.5. The summed E-state index contributed by atoms with van der Waals surface area (Å²) in [5.74, 6) is -3.09. The van der Waals surface area contributed by atoms with Gasteiger partial charge in [-0.25, -0.2) is 9.59 Å². The molecule has 14 nitrogen and oxygen atoms in total. The van der Waals surface area contributed by atoms with Gasteiger partial charge in [0.05, 0.1) is 13.2 Å². The van der Waals surface area contributed by atoms with Crippen molar-refractivity contribution in [3.8, 4) is 0 Å². The second-order valence-electron chi connectivity index (χ2n) is 3.51. The molecule has 0 aromatic rings. The predicted octanol–water partition coefficient (Wildman–Crippen LogP) is -5.78. The predicted molar refractivity (Wildman–Crippen MR) is 59.3 cm³/mol. The van der Waals surface area contributed by atoms with Gasteiger partial charge in [-0.1, -0.05) is 0 Å². The molecule has 0 amide bonds. The van der Waals surface area contributed by atoms with Gasteiger partial charge in [-0.05, 0) is 0 Å². The molecule has 0 aromatic heterocycles. The van der Waals surface area contributed by atoms with Gasteiger partial charge < -0.3 is 40.9 Å². The van der Waals surface area contributed by atoms with E-state index in [0.29, 0.717) is 0 Å². The van der Waals surface area contributed by atoms with Crippen LogP contribution in [-0.2, 0) is 30.8 Å². The Labute approximate surface area is 130 Å². The van der Waals surface area contributed by atoms with Crippen LogP contribution in [0.15, 0.2) is 0 Å². The van der Waals surface area contributed by atoms with Gasteiger partial charge in [-0.15, -0.1) is 0 Å². The molecular formula is C8H18CrO14. The molecule has 0 unspecified atom stereocenters. The summed E-state index contributed by atoms with van der Waals surface area (Å²) in [6.07, 6.45) is -6.98. The van der Waals surface area contributed by atoms with E-state index >= 15 is 0 Å². The van der Waals surface area contributed by atoms with E-state index in [-0.39, 0.29) is 0 Å². The van der Waals surface area contributed by atoms with Crippen LogP contribution in [0.2, 0.25) is 0 Å². The van der Waals surface area contributed by atoms with E-state index in [1.807, 2.05) is 0 Å². The van der Waals surface area contributed by atoms with Crippen molar-refractivity contribution in [3.05, 3.63) is 0 Å². The molecule has 0 saturated heterocycles. The Morgan fingerprint density at radius 3 is 0.957 bits per heavy atom. The minimum atomic E-state index is -5.25. The first-order chi connectivity index (χ1) is 10.2. The van der Waals surface area contributed by atoms with Crippen LogP contribution in [0.4, 0.5) is 0 Å². The van der Waals surface area contributed by atoms with E-state index in [2.05, 4.69) is 0 Å². The molecule has 0 aliphatic rings. The van der Waals surface area contributed by atoms with Crippen LogP contribution in [0.3, 0.4) is 0 Å². The van der Waals surface area contributed by atoms with Crippen molar-refractivity contribution < 1.29 is 80.0 Å². The Morgan fingerprint density at radius 2 is 0.913 bits per heavy atom. The van der Waals surface area contributed by atoms with Gasteiger partial charge in [-0.2, -0.15) is 0 Å². The fourth-order valence-corrected chi connectivity index (χ4v) is 0.529. The third-order valence-electron chi connectivity index (χ3n) is 1.61. The van der Waals surface area contributed by atoms with Gasteiger partial charge in [0.1, 0.15) is 12.2 Å². The van der Waals surface area contributed by atoms with Gasteiger partial charge in [0, 0.05) is 0 Å². The van der Waals surface area contributed by atoms with Crippen LogP contribution in [0.25, 0.3) is 0 Å². The SMILES string of the molecule is O=C(O)[C@H](O)[C@@H](O)CO.O=C(O)[C@H](O)[C@@H](O)CO.[O]=[Cr](=[O])([OH])[OH]. The Morgan fingerprint density at radius 1 is 0.739 bits per heavy atom. The Hall–Kier alpha value is -1.25. The van der Waals surface area contributed by atoms with Crippen molar-refractivity contribution in [1.82, 2.24) is 0 Å². The molecule has 0 rings (SSSR count). The van der Waals surface area contributed by atoms with Crippen molar-refractivity contribution >= 4 is 11.9 Å². The quantitative estimate of drug-likeness (QED) is 0.202. The number of hydrogen-bond acceptors (Lipinski definition) is 10.